The standard InChI is InChI=1S/C59H110O5/c1-4-7-10-13-16-19-22-25-28-30-32-34-37-40-43-46-49-52-58(60)63-56-57(55-62-54-51-48-45-42-39-36-27-24-21-18-15-12-9-6-3)64-59(61)53-50-47-44-41-38-35-33-31-29-26-23-20-17-14-11-8-5-2/h16,19,21,24-25,28,57H,4-15,17-18,20,22-23,26-27,29-56H2,1-3H3/b19-16-,24-21-,28-25-. The van der Waals surface area contributed by atoms with Crippen LogP contribution in [0, 0.1) is 0 Å². The molecular weight excluding hydrogens is 789 g/mol. The van der Waals surface area contributed by atoms with Crippen molar-refractivity contribution >= 4 is 11.9 Å². The molecule has 0 aliphatic carbocycles. The summed E-state index contributed by atoms with van der Waals surface area (Å²) < 4.78 is 17.5. The summed E-state index contributed by atoms with van der Waals surface area (Å²) in [7, 11) is 0. The molecule has 0 saturated carbocycles. The zero-order chi connectivity index (χ0) is 46.3. The smallest absolute Gasteiger partial charge is 0.306 e. The second-order valence-electron chi connectivity index (χ2n) is 19.2. The molecule has 0 bridgehead atoms. The second-order valence-corrected chi connectivity index (χ2v) is 19.2. The maximum absolute atomic E-state index is 12.8. The third kappa shape index (κ3) is 52.7. The van der Waals surface area contributed by atoms with Crippen LogP contribution in [-0.4, -0.2) is 37.9 Å². The van der Waals surface area contributed by atoms with E-state index in [1.165, 1.54) is 218 Å². The third-order valence-corrected chi connectivity index (χ3v) is 12.6. The molecule has 0 radical (unpaired) electrons. The summed E-state index contributed by atoms with van der Waals surface area (Å²) in [6, 6.07) is 0. The summed E-state index contributed by atoms with van der Waals surface area (Å²) in [4.78, 5) is 25.5. The lowest BCUT2D eigenvalue weighted by atomic mass is 10.0. The van der Waals surface area contributed by atoms with Gasteiger partial charge >= 0.3 is 11.9 Å². The molecule has 0 aromatic heterocycles. The summed E-state index contributed by atoms with van der Waals surface area (Å²) in [6.07, 6.45) is 67.3. The fourth-order valence-corrected chi connectivity index (χ4v) is 8.36. The molecular formula is C59H110O5. The van der Waals surface area contributed by atoms with Crippen molar-refractivity contribution < 1.29 is 23.8 Å². The molecule has 0 aliphatic heterocycles. The lowest BCUT2D eigenvalue weighted by molar-refractivity contribution is -0.163. The molecule has 1 unspecified atom stereocenters. The molecule has 0 heterocycles. The number of esters is 2. The highest BCUT2D eigenvalue weighted by atomic mass is 16.6. The molecule has 0 aliphatic rings. The summed E-state index contributed by atoms with van der Waals surface area (Å²) in [5.41, 5.74) is 0. The molecule has 0 aromatic rings. The molecule has 376 valence electrons. The lowest BCUT2D eigenvalue weighted by Gasteiger charge is -2.18. The SMILES string of the molecule is CCCCC/C=C\C/C=C\CCCCCCCCCC(=O)OCC(COCCCCCCCC/C=C\CCCCCC)OC(=O)CCCCCCCCCCCCCCCCCCC. The molecule has 0 N–H and O–H groups in total. The van der Waals surface area contributed by atoms with Crippen LogP contribution in [0.2, 0.25) is 0 Å². The van der Waals surface area contributed by atoms with Crippen LogP contribution in [0.4, 0.5) is 0 Å². The van der Waals surface area contributed by atoms with Crippen molar-refractivity contribution in [1.82, 2.24) is 0 Å². The average Bonchev–Trinajstić information content (AvgIpc) is 3.30. The molecule has 0 fully saturated rings. The third-order valence-electron chi connectivity index (χ3n) is 12.6. The van der Waals surface area contributed by atoms with Gasteiger partial charge in [-0.2, -0.15) is 0 Å². The van der Waals surface area contributed by atoms with Gasteiger partial charge in [-0.1, -0.05) is 250 Å². The maximum Gasteiger partial charge on any atom is 0.306 e. The first kappa shape index (κ1) is 62.1. The van der Waals surface area contributed by atoms with E-state index in [-0.39, 0.29) is 25.2 Å². The molecule has 64 heavy (non-hydrogen) atoms. The minimum absolute atomic E-state index is 0.0838. The monoisotopic (exact) mass is 899 g/mol. The molecule has 1 atom stereocenters. The van der Waals surface area contributed by atoms with Crippen LogP contribution in [0.3, 0.4) is 0 Å². The molecule has 5 heteroatoms. The Hall–Kier alpha value is -1.88. The van der Waals surface area contributed by atoms with E-state index in [0.717, 1.165) is 51.4 Å². The van der Waals surface area contributed by atoms with Gasteiger partial charge < -0.3 is 14.2 Å². The van der Waals surface area contributed by atoms with Crippen molar-refractivity contribution in [3.63, 3.8) is 0 Å². The predicted octanol–water partition coefficient (Wildman–Crippen LogP) is 19.4. The first-order valence-electron chi connectivity index (χ1n) is 28.5. The Kier molecular flexibility index (Phi) is 53.8. The first-order valence-corrected chi connectivity index (χ1v) is 28.5. The van der Waals surface area contributed by atoms with Crippen LogP contribution in [0.15, 0.2) is 36.5 Å². The van der Waals surface area contributed by atoms with Crippen molar-refractivity contribution in [2.45, 2.75) is 309 Å². The number of hydrogen-bond acceptors (Lipinski definition) is 5. The summed E-state index contributed by atoms with van der Waals surface area (Å²) in [5.74, 6) is -0.391. The Balaban J connectivity index is 4.24. The van der Waals surface area contributed by atoms with E-state index in [1.807, 2.05) is 0 Å². The largest absolute Gasteiger partial charge is 0.462 e. The highest BCUT2D eigenvalue weighted by Crippen LogP contribution is 2.16. The second kappa shape index (κ2) is 55.4. The van der Waals surface area contributed by atoms with Crippen molar-refractivity contribution in [2.24, 2.45) is 0 Å². The Morgan fingerprint density at radius 3 is 1.09 bits per heavy atom. The fourth-order valence-electron chi connectivity index (χ4n) is 8.36. The normalized spacial score (nSPS) is 12.4. The van der Waals surface area contributed by atoms with Gasteiger partial charge in [-0.3, -0.25) is 9.59 Å². The van der Waals surface area contributed by atoms with Crippen LogP contribution >= 0.6 is 0 Å². The van der Waals surface area contributed by atoms with E-state index in [1.54, 1.807) is 0 Å². The van der Waals surface area contributed by atoms with Crippen LogP contribution in [0.1, 0.15) is 303 Å². The Morgan fingerprint density at radius 1 is 0.344 bits per heavy atom. The van der Waals surface area contributed by atoms with Gasteiger partial charge in [-0.25, -0.2) is 0 Å². The van der Waals surface area contributed by atoms with Gasteiger partial charge in [-0.05, 0) is 77.0 Å². The van der Waals surface area contributed by atoms with Crippen LogP contribution in [0.5, 0.6) is 0 Å². The Labute approximate surface area is 400 Å². The van der Waals surface area contributed by atoms with E-state index in [4.69, 9.17) is 14.2 Å². The van der Waals surface area contributed by atoms with Crippen molar-refractivity contribution in [3.05, 3.63) is 36.5 Å². The molecule has 0 rings (SSSR count). The molecule has 5 nitrogen and oxygen atoms in total. The predicted molar refractivity (Wildman–Crippen MR) is 279 cm³/mol. The highest BCUT2D eigenvalue weighted by molar-refractivity contribution is 5.70. The molecule has 0 aromatic carbocycles. The number of allylic oxidation sites excluding steroid dienone is 6. The zero-order valence-electron chi connectivity index (χ0n) is 43.3. The molecule has 0 spiro atoms. The fraction of sp³-hybridized carbons (Fsp3) is 0.864. The van der Waals surface area contributed by atoms with Crippen LogP contribution in [-0.2, 0) is 23.8 Å². The van der Waals surface area contributed by atoms with Gasteiger partial charge in [0.05, 0.1) is 6.61 Å². The van der Waals surface area contributed by atoms with Crippen molar-refractivity contribution in [1.29, 1.82) is 0 Å². The van der Waals surface area contributed by atoms with E-state index in [9.17, 15) is 9.59 Å². The minimum atomic E-state index is -0.538. The van der Waals surface area contributed by atoms with E-state index in [2.05, 4.69) is 57.2 Å². The van der Waals surface area contributed by atoms with Gasteiger partial charge in [0.15, 0.2) is 6.10 Å². The van der Waals surface area contributed by atoms with E-state index < -0.39 is 6.10 Å². The first-order chi connectivity index (χ1) is 31.6. The minimum Gasteiger partial charge on any atom is -0.462 e. The van der Waals surface area contributed by atoms with Gasteiger partial charge in [0.2, 0.25) is 0 Å². The Bertz CT molecular complexity index is 1020. The van der Waals surface area contributed by atoms with Crippen molar-refractivity contribution in [2.75, 3.05) is 19.8 Å². The van der Waals surface area contributed by atoms with Crippen molar-refractivity contribution in [3.8, 4) is 0 Å². The average molecular weight is 900 g/mol. The van der Waals surface area contributed by atoms with Gasteiger partial charge in [0, 0.05) is 19.4 Å². The number of carbonyl (C=O) groups excluding carboxylic acids is 2. The van der Waals surface area contributed by atoms with E-state index in [0.29, 0.717) is 19.4 Å². The number of carbonyl (C=O) groups is 2. The zero-order valence-corrected chi connectivity index (χ0v) is 43.3. The number of hydrogen-bond donors (Lipinski definition) is 0. The van der Waals surface area contributed by atoms with Crippen LogP contribution in [0.25, 0.3) is 0 Å². The number of rotatable bonds is 53. The summed E-state index contributed by atoms with van der Waals surface area (Å²) >= 11 is 0. The number of unbranched alkanes of at least 4 members (excludes halogenated alkanes) is 36. The molecule has 0 amide bonds. The van der Waals surface area contributed by atoms with Gasteiger partial charge in [0.1, 0.15) is 6.61 Å². The molecule has 0 saturated heterocycles. The number of ether oxygens (including phenoxy) is 3. The maximum atomic E-state index is 12.8. The van der Waals surface area contributed by atoms with E-state index >= 15 is 0 Å². The summed E-state index contributed by atoms with van der Waals surface area (Å²) in [5, 5.41) is 0. The Morgan fingerprint density at radius 2 is 0.656 bits per heavy atom. The van der Waals surface area contributed by atoms with Crippen LogP contribution < -0.4 is 0 Å². The summed E-state index contributed by atoms with van der Waals surface area (Å²) in [6.45, 7) is 7.83. The quantitative estimate of drug-likeness (QED) is 0.0346. The van der Waals surface area contributed by atoms with Gasteiger partial charge in [0.25, 0.3) is 0 Å². The topological polar surface area (TPSA) is 61.8 Å². The lowest BCUT2D eigenvalue weighted by Crippen LogP contribution is -2.30. The highest BCUT2D eigenvalue weighted by Gasteiger charge is 2.17. The van der Waals surface area contributed by atoms with Gasteiger partial charge in [-0.15, -0.1) is 0 Å².